The van der Waals surface area contributed by atoms with Crippen LogP contribution in [-0.4, -0.2) is 22.2 Å². The molecule has 0 saturated heterocycles. The summed E-state index contributed by atoms with van der Waals surface area (Å²) in [7, 11) is 0. The molecule has 2 aromatic rings. The smallest absolute Gasteiger partial charge is 0.344 e. The number of carbonyl (C=O) groups is 1. The minimum absolute atomic E-state index is 0. The summed E-state index contributed by atoms with van der Waals surface area (Å²) in [5, 5.41) is 8.91. The van der Waals surface area contributed by atoms with Crippen molar-refractivity contribution >= 4 is 30.0 Å². The van der Waals surface area contributed by atoms with Crippen molar-refractivity contribution in [1.82, 2.24) is 4.98 Å². The third-order valence-electron chi connectivity index (χ3n) is 2.47. The lowest BCUT2D eigenvalue weighted by Crippen LogP contribution is -2.22. The Morgan fingerprint density at radius 3 is 2.45 bits per heavy atom. The van der Waals surface area contributed by atoms with Crippen molar-refractivity contribution < 1.29 is 23.8 Å². The van der Waals surface area contributed by atoms with Crippen molar-refractivity contribution in [2.75, 3.05) is 0 Å². The largest absolute Gasteiger partial charge is 0.479 e. The van der Waals surface area contributed by atoms with Crippen LogP contribution in [0.5, 0.6) is 17.4 Å². The molecule has 8 heteroatoms. The van der Waals surface area contributed by atoms with E-state index in [1.54, 1.807) is 0 Å². The fourth-order valence-corrected chi connectivity index (χ4v) is 1.57. The van der Waals surface area contributed by atoms with Gasteiger partial charge in [0.1, 0.15) is 11.5 Å². The lowest BCUT2D eigenvalue weighted by molar-refractivity contribution is -0.144. The van der Waals surface area contributed by atoms with Gasteiger partial charge >= 0.3 is 5.97 Å². The Hall–Kier alpha value is -2.05. The average molecular weight is 348 g/mol. The molecule has 0 aliphatic heterocycles. The number of hydrogen-bond acceptors (Lipinski definition) is 4. The molecule has 1 heterocycles. The standard InChI is InChI=1S/C14H11ClFNO4.ClH/c1-8(14(18)19)20-10-2-4-11(5-3-10)21-13-12(16)6-9(15)7-17-13;/h2-8H,1H3,(H,18,19);1H. The molecule has 1 N–H and O–H groups in total. The number of aromatic nitrogens is 1. The molecule has 1 aromatic carbocycles. The van der Waals surface area contributed by atoms with Gasteiger partial charge in [-0.1, -0.05) is 11.6 Å². The van der Waals surface area contributed by atoms with E-state index < -0.39 is 17.9 Å². The molecule has 5 nitrogen and oxygen atoms in total. The van der Waals surface area contributed by atoms with Gasteiger partial charge in [-0.3, -0.25) is 0 Å². The summed E-state index contributed by atoms with van der Waals surface area (Å²) >= 11 is 5.59. The molecular weight excluding hydrogens is 336 g/mol. The van der Waals surface area contributed by atoms with E-state index in [1.807, 2.05) is 0 Å². The molecule has 0 saturated carbocycles. The third kappa shape index (κ3) is 4.75. The van der Waals surface area contributed by atoms with Crippen LogP contribution in [0, 0.1) is 5.82 Å². The zero-order chi connectivity index (χ0) is 15.4. The van der Waals surface area contributed by atoms with Crippen molar-refractivity contribution in [2.24, 2.45) is 0 Å². The number of halogens is 3. The van der Waals surface area contributed by atoms with Crippen LogP contribution in [-0.2, 0) is 4.79 Å². The Labute approximate surface area is 137 Å². The van der Waals surface area contributed by atoms with E-state index in [2.05, 4.69) is 4.98 Å². The predicted octanol–water partition coefficient (Wildman–Crippen LogP) is 3.94. The number of rotatable bonds is 5. The molecule has 0 spiro atoms. The van der Waals surface area contributed by atoms with Gasteiger partial charge in [0.15, 0.2) is 11.9 Å². The Morgan fingerprint density at radius 1 is 1.32 bits per heavy atom. The highest BCUT2D eigenvalue weighted by molar-refractivity contribution is 6.30. The molecule has 1 atom stereocenters. The maximum absolute atomic E-state index is 13.5. The van der Waals surface area contributed by atoms with Gasteiger partial charge in [0.2, 0.25) is 0 Å². The fourth-order valence-electron chi connectivity index (χ4n) is 1.43. The molecule has 1 unspecified atom stereocenters. The second kappa shape index (κ2) is 7.82. The number of benzene rings is 1. The van der Waals surface area contributed by atoms with Crippen LogP contribution in [0.1, 0.15) is 6.92 Å². The fraction of sp³-hybridized carbons (Fsp3) is 0.143. The summed E-state index contributed by atoms with van der Waals surface area (Å²) in [6.45, 7) is 1.42. The van der Waals surface area contributed by atoms with Crippen LogP contribution in [0.2, 0.25) is 5.02 Å². The summed E-state index contributed by atoms with van der Waals surface area (Å²) in [5.41, 5.74) is 0. The summed E-state index contributed by atoms with van der Waals surface area (Å²) < 4.78 is 23.9. The summed E-state index contributed by atoms with van der Waals surface area (Å²) in [6.07, 6.45) is 0.304. The van der Waals surface area contributed by atoms with E-state index in [4.69, 9.17) is 26.2 Å². The van der Waals surface area contributed by atoms with Crippen molar-refractivity contribution in [3.63, 3.8) is 0 Å². The van der Waals surface area contributed by atoms with Crippen molar-refractivity contribution in [3.05, 3.63) is 47.4 Å². The highest BCUT2D eigenvalue weighted by Gasteiger charge is 2.12. The maximum Gasteiger partial charge on any atom is 0.344 e. The normalized spacial score (nSPS) is 11.2. The van der Waals surface area contributed by atoms with Crippen molar-refractivity contribution in [2.45, 2.75) is 13.0 Å². The Bertz CT molecular complexity index is 652. The molecule has 0 amide bonds. The van der Waals surface area contributed by atoms with Crippen LogP contribution in [0.25, 0.3) is 0 Å². The molecule has 22 heavy (non-hydrogen) atoms. The van der Waals surface area contributed by atoms with Gasteiger partial charge in [-0.2, -0.15) is 0 Å². The lowest BCUT2D eigenvalue weighted by Gasteiger charge is -2.11. The average Bonchev–Trinajstić information content (AvgIpc) is 2.43. The topological polar surface area (TPSA) is 68.7 Å². The Balaban J connectivity index is 0.00000242. The van der Waals surface area contributed by atoms with Gasteiger partial charge in [-0.05, 0) is 37.3 Å². The van der Waals surface area contributed by atoms with Crippen LogP contribution >= 0.6 is 24.0 Å². The van der Waals surface area contributed by atoms with E-state index in [0.29, 0.717) is 11.5 Å². The number of carboxylic acid groups (broad SMARTS) is 1. The molecule has 0 aliphatic carbocycles. The highest BCUT2D eigenvalue weighted by atomic mass is 35.5. The van der Waals surface area contributed by atoms with Gasteiger partial charge in [-0.25, -0.2) is 14.2 Å². The van der Waals surface area contributed by atoms with Crippen LogP contribution < -0.4 is 9.47 Å². The van der Waals surface area contributed by atoms with Crippen LogP contribution in [0.3, 0.4) is 0 Å². The number of nitrogens with zero attached hydrogens (tertiary/aromatic N) is 1. The monoisotopic (exact) mass is 347 g/mol. The van der Waals surface area contributed by atoms with Gasteiger partial charge in [0.05, 0.1) is 5.02 Å². The second-order valence-corrected chi connectivity index (χ2v) is 4.55. The number of carboxylic acids is 1. The zero-order valence-corrected chi connectivity index (χ0v) is 12.9. The van der Waals surface area contributed by atoms with Gasteiger partial charge < -0.3 is 14.6 Å². The Morgan fingerprint density at radius 2 is 1.91 bits per heavy atom. The highest BCUT2D eigenvalue weighted by Crippen LogP contribution is 2.26. The van der Waals surface area contributed by atoms with E-state index >= 15 is 0 Å². The zero-order valence-electron chi connectivity index (χ0n) is 11.3. The molecule has 0 fully saturated rings. The number of ether oxygens (including phenoxy) is 2. The summed E-state index contributed by atoms with van der Waals surface area (Å²) in [5.74, 6) is -1.25. The van der Waals surface area contributed by atoms with E-state index in [9.17, 15) is 9.18 Å². The predicted molar refractivity (Wildman–Crippen MR) is 80.7 cm³/mol. The van der Waals surface area contributed by atoms with Gasteiger partial charge in [0, 0.05) is 6.20 Å². The quantitative estimate of drug-likeness (QED) is 0.886. The van der Waals surface area contributed by atoms with Crippen molar-refractivity contribution in [1.29, 1.82) is 0 Å². The molecule has 2 rings (SSSR count). The van der Waals surface area contributed by atoms with Crippen LogP contribution in [0.4, 0.5) is 4.39 Å². The SMILES string of the molecule is CC(Oc1ccc(Oc2ncc(Cl)cc2F)cc1)C(=O)O.Cl. The molecular formula is C14H12Cl2FNO4. The van der Waals surface area contributed by atoms with E-state index in [0.717, 1.165) is 6.07 Å². The Kier molecular flexibility index (Phi) is 6.39. The lowest BCUT2D eigenvalue weighted by atomic mass is 10.3. The maximum atomic E-state index is 13.5. The first-order chi connectivity index (χ1) is 9.95. The molecule has 0 bridgehead atoms. The molecule has 0 radical (unpaired) electrons. The first-order valence-corrected chi connectivity index (χ1v) is 6.32. The summed E-state index contributed by atoms with van der Waals surface area (Å²) in [6, 6.07) is 7.15. The minimum atomic E-state index is -1.07. The summed E-state index contributed by atoms with van der Waals surface area (Å²) in [4.78, 5) is 14.4. The van der Waals surface area contributed by atoms with Gasteiger partial charge in [0.25, 0.3) is 5.88 Å². The van der Waals surface area contributed by atoms with Crippen LogP contribution in [0.15, 0.2) is 36.5 Å². The first-order valence-electron chi connectivity index (χ1n) is 5.94. The molecule has 118 valence electrons. The third-order valence-corrected chi connectivity index (χ3v) is 2.68. The van der Waals surface area contributed by atoms with Gasteiger partial charge in [-0.15, -0.1) is 12.4 Å². The molecule has 1 aromatic heterocycles. The number of aliphatic carboxylic acids is 1. The minimum Gasteiger partial charge on any atom is -0.479 e. The molecule has 0 aliphatic rings. The van der Waals surface area contributed by atoms with Crippen molar-refractivity contribution in [3.8, 4) is 17.4 Å². The van der Waals surface area contributed by atoms with E-state index in [-0.39, 0.29) is 23.3 Å². The number of pyridine rings is 1. The first kappa shape index (κ1) is 18.0. The second-order valence-electron chi connectivity index (χ2n) is 4.11. The van der Waals surface area contributed by atoms with E-state index in [1.165, 1.54) is 37.4 Å². The number of hydrogen-bond donors (Lipinski definition) is 1.